The molecule has 0 aliphatic heterocycles. The third-order valence-corrected chi connectivity index (χ3v) is 4.25. The maximum Gasteiger partial charge on any atom is 0.150 e. The van der Waals surface area contributed by atoms with Gasteiger partial charge in [0.15, 0.2) is 0 Å². The molecule has 0 unspecified atom stereocenters. The van der Waals surface area contributed by atoms with E-state index in [0.717, 1.165) is 25.7 Å². The highest BCUT2D eigenvalue weighted by atomic mass is 32.1. The molecular weight excluding hydrogens is 278 g/mol. The molecule has 1 aromatic rings. The van der Waals surface area contributed by atoms with Crippen molar-refractivity contribution < 1.29 is 8.78 Å². The lowest BCUT2D eigenvalue weighted by Gasteiger charge is -2.35. The second-order valence-corrected chi connectivity index (χ2v) is 6.70. The molecule has 110 valence electrons. The zero-order valence-electron chi connectivity index (χ0n) is 11.8. The zero-order chi connectivity index (χ0) is 14.9. The van der Waals surface area contributed by atoms with E-state index >= 15 is 0 Å². The number of halogens is 2. The number of rotatable bonds is 3. The lowest BCUT2D eigenvalue weighted by Crippen LogP contribution is -2.30. The predicted octanol–water partition coefficient (Wildman–Crippen LogP) is 3.98. The number of benzene rings is 1. The molecular formula is C15H20F2N2S. The summed E-state index contributed by atoms with van der Waals surface area (Å²) in [5.41, 5.74) is 5.86. The van der Waals surface area contributed by atoms with E-state index in [1.165, 1.54) is 12.1 Å². The van der Waals surface area contributed by atoms with Crippen molar-refractivity contribution in [3.05, 3.63) is 29.3 Å². The fourth-order valence-electron chi connectivity index (χ4n) is 2.60. The summed E-state index contributed by atoms with van der Waals surface area (Å²) in [4.78, 5) is -0.00577. The fraction of sp³-hybridized carbons (Fsp3) is 0.533. The minimum absolute atomic E-state index is 0.00577. The van der Waals surface area contributed by atoms with Crippen molar-refractivity contribution in [2.45, 2.75) is 45.6 Å². The topological polar surface area (TPSA) is 38.0 Å². The molecule has 1 saturated carbocycles. The Morgan fingerprint density at radius 2 is 1.75 bits per heavy atom. The highest BCUT2D eigenvalue weighted by Gasteiger charge is 2.27. The second kappa shape index (κ2) is 5.64. The van der Waals surface area contributed by atoms with Crippen LogP contribution in [-0.2, 0) is 0 Å². The van der Waals surface area contributed by atoms with Gasteiger partial charge in [-0.2, -0.15) is 0 Å². The molecule has 20 heavy (non-hydrogen) atoms. The molecule has 0 radical (unpaired) electrons. The summed E-state index contributed by atoms with van der Waals surface area (Å²) in [5, 5.41) is 2.99. The van der Waals surface area contributed by atoms with Crippen LogP contribution < -0.4 is 11.1 Å². The fourth-order valence-corrected chi connectivity index (χ4v) is 2.72. The van der Waals surface area contributed by atoms with Crippen molar-refractivity contribution in [3.8, 4) is 0 Å². The third kappa shape index (κ3) is 3.45. The van der Waals surface area contributed by atoms with Gasteiger partial charge in [0, 0.05) is 11.6 Å². The van der Waals surface area contributed by atoms with Gasteiger partial charge in [0.05, 0.1) is 0 Å². The minimum atomic E-state index is -0.641. The Kier molecular flexibility index (Phi) is 4.28. The van der Waals surface area contributed by atoms with Crippen LogP contribution in [0.3, 0.4) is 0 Å². The van der Waals surface area contributed by atoms with Crippen molar-refractivity contribution in [2.24, 2.45) is 11.1 Å². The summed E-state index contributed by atoms with van der Waals surface area (Å²) < 4.78 is 27.9. The molecule has 2 nitrogen and oxygen atoms in total. The molecule has 0 atom stereocenters. The summed E-state index contributed by atoms with van der Waals surface area (Å²) in [6.07, 6.45) is 3.95. The first-order chi connectivity index (χ1) is 9.28. The molecule has 0 heterocycles. The Morgan fingerprint density at radius 3 is 2.20 bits per heavy atom. The van der Waals surface area contributed by atoms with Crippen LogP contribution in [0.2, 0.25) is 0 Å². The van der Waals surface area contributed by atoms with Crippen LogP contribution in [-0.4, -0.2) is 11.0 Å². The maximum absolute atomic E-state index is 14.0. The monoisotopic (exact) mass is 298 g/mol. The van der Waals surface area contributed by atoms with Crippen LogP contribution in [0.5, 0.6) is 0 Å². The molecule has 0 spiro atoms. The standard InChI is InChI=1S/C15H20F2N2S/c1-15(2)5-3-10(4-6-15)19-13-11(16)7-9(14(18)20)8-12(13)17/h7-8,10,19H,3-6H2,1-2H3,(H2,18,20). The van der Waals surface area contributed by atoms with Crippen molar-refractivity contribution in [1.29, 1.82) is 0 Å². The Morgan fingerprint density at radius 1 is 1.25 bits per heavy atom. The third-order valence-electron chi connectivity index (χ3n) is 4.01. The summed E-state index contributed by atoms with van der Waals surface area (Å²) in [6.45, 7) is 4.45. The highest BCUT2D eigenvalue weighted by Crippen LogP contribution is 2.36. The van der Waals surface area contributed by atoms with Crippen LogP contribution in [0.4, 0.5) is 14.5 Å². The van der Waals surface area contributed by atoms with E-state index < -0.39 is 11.6 Å². The van der Waals surface area contributed by atoms with E-state index in [-0.39, 0.29) is 22.3 Å². The van der Waals surface area contributed by atoms with Crippen LogP contribution in [0.1, 0.15) is 45.1 Å². The zero-order valence-corrected chi connectivity index (χ0v) is 12.6. The maximum atomic E-state index is 14.0. The largest absolute Gasteiger partial charge is 0.389 e. The first-order valence-electron chi connectivity index (χ1n) is 6.84. The second-order valence-electron chi connectivity index (χ2n) is 6.26. The van der Waals surface area contributed by atoms with Gasteiger partial charge in [-0.25, -0.2) is 8.78 Å². The molecule has 3 N–H and O–H groups in total. The van der Waals surface area contributed by atoms with Crippen molar-refractivity contribution in [1.82, 2.24) is 0 Å². The van der Waals surface area contributed by atoms with E-state index in [9.17, 15) is 8.78 Å². The quantitative estimate of drug-likeness (QED) is 0.829. The average molecular weight is 298 g/mol. The molecule has 2 rings (SSSR count). The van der Waals surface area contributed by atoms with E-state index in [1.807, 2.05) is 0 Å². The van der Waals surface area contributed by atoms with Crippen molar-refractivity contribution in [3.63, 3.8) is 0 Å². The molecule has 1 fully saturated rings. The number of hydrogen-bond donors (Lipinski definition) is 2. The van der Waals surface area contributed by atoms with E-state index in [2.05, 4.69) is 19.2 Å². The van der Waals surface area contributed by atoms with Gasteiger partial charge in [-0.05, 0) is 43.2 Å². The minimum Gasteiger partial charge on any atom is -0.389 e. The number of hydrogen-bond acceptors (Lipinski definition) is 2. The predicted molar refractivity (Wildman–Crippen MR) is 81.9 cm³/mol. The van der Waals surface area contributed by atoms with E-state index in [0.29, 0.717) is 5.41 Å². The molecule has 1 aliphatic carbocycles. The van der Waals surface area contributed by atoms with Crippen molar-refractivity contribution in [2.75, 3.05) is 5.32 Å². The van der Waals surface area contributed by atoms with Gasteiger partial charge in [0.25, 0.3) is 0 Å². The SMILES string of the molecule is CC1(C)CCC(Nc2c(F)cc(C(N)=S)cc2F)CC1. The molecule has 5 heteroatoms. The Labute approximate surface area is 123 Å². The van der Waals surface area contributed by atoms with E-state index in [1.54, 1.807) is 0 Å². The van der Waals surface area contributed by atoms with Gasteiger partial charge < -0.3 is 11.1 Å². The number of thiocarbonyl (C=S) groups is 1. The van der Waals surface area contributed by atoms with E-state index in [4.69, 9.17) is 18.0 Å². The van der Waals surface area contributed by atoms with Crippen molar-refractivity contribution >= 4 is 22.9 Å². The lowest BCUT2D eigenvalue weighted by molar-refractivity contribution is 0.232. The number of anilines is 1. The Bertz CT molecular complexity index is 496. The molecule has 0 bridgehead atoms. The first-order valence-corrected chi connectivity index (χ1v) is 7.25. The lowest BCUT2D eigenvalue weighted by atomic mass is 9.75. The molecule has 0 aromatic heterocycles. The smallest absolute Gasteiger partial charge is 0.150 e. The van der Waals surface area contributed by atoms with Gasteiger partial charge in [-0.15, -0.1) is 0 Å². The molecule has 0 amide bonds. The number of nitrogens with two attached hydrogens (primary N) is 1. The normalized spacial score (nSPS) is 18.8. The van der Waals surface area contributed by atoms with Gasteiger partial charge in [-0.1, -0.05) is 26.1 Å². The summed E-state index contributed by atoms with van der Waals surface area (Å²) in [6, 6.07) is 2.48. The average Bonchev–Trinajstić information content (AvgIpc) is 2.35. The highest BCUT2D eigenvalue weighted by molar-refractivity contribution is 7.80. The van der Waals surface area contributed by atoms with Gasteiger partial charge in [0.1, 0.15) is 22.3 Å². The summed E-state index contributed by atoms with van der Waals surface area (Å²) >= 11 is 4.74. The Hall–Kier alpha value is -1.23. The number of nitrogens with one attached hydrogen (secondary N) is 1. The molecule has 0 saturated heterocycles. The first kappa shape index (κ1) is 15.2. The van der Waals surface area contributed by atoms with Crippen LogP contribution in [0.25, 0.3) is 0 Å². The summed E-state index contributed by atoms with van der Waals surface area (Å²) in [5.74, 6) is -1.28. The Balaban J connectivity index is 2.12. The van der Waals surface area contributed by atoms with Crippen LogP contribution in [0.15, 0.2) is 12.1 Å². The van der Waals surface area contributed by atoms with Crippen LogP contribution >= 0.6 is 12.2 Å². The molecule has 1 aliphatic rings. The summed E-state index contributed by atoms with van der Waals surface area (Å²) in [7, 11) is 0. The van der Waals surface area contributed by atoms with Gasteiger partial charge in [0.2, 0.25) is 0 Å². The van der Waals surface area contributed by atoms with Gasteiger partial charge in [-0.3, -0.25) is 0 Å². The van der Waals surface area contributed by atoms with Gasteiger partial charge >= 0.3 is 0 Å². The molecule has 1 aromatic carbocycles. The van der Waals surface area contributed by atoms with Crippen LogP contribution in [0, 0.1) is 17.0 Å².